The highest BCUT2D eigenvalue weighted by Crippen LogP contribution is 2.17. The maximum Gasteiger partial charge on any atom is 0.243 e. The van der Waals surface area contributed by atoms with E-state index >= 15 is 0 Å². The number of hydrogen-bond acceptors (Lipinski definition) is 2. The van der Waals surface area contributed by atoms with Crippen molar-refractivity contribution >= 4 is 23.2 Å². The van der Waals surface area contributed by atoms with Gasteiger partial charge in [-0.3, -0.25) is 4.79 Å². The molecule has 1 atom stereocenters. The van der Waals surface area contributed by atoms with Crippen molar-refractivity contribution in [1.82, 2.24) is 5.43 Å². The molecule has 4 heteroatoms. The van der Waals surface area contributed by atoms with E-state index in [9.17, 15) is 4.79 Å². The predicted octanol–water partition coefficient (Wildman–Crippen LogP) is 2.20. The van der Waals surface area contributed by atoms with Gasteiger partial charge in [0, 0.05) is 17.4 Å². The molecule has 1 unspecified atom stereocenters. The van der Waals surface area contributed by atoms with Crippen LogP contribution in [0.25, 0.3) is 0 Å². The third-order valence-electron chi connectivity index (χ3n) is 2.41. The van der Waals surface area contributed by atoms with Crippen LogP contribution in [0.5, 0.6) is 0 Å². The van der Waals surface area contributed by atoms with Crippen LogP contribution in [0.1, 0.15) is 18.9 Å². The van der Waals surface area contributed by atoms with E-state index in [0.717, 1.165) is 11.3 Å². The number of rotatable bonds is 1. The molecule has 0 saturated heterocycles. The van der Waals surface area contributed by atoms with Crippen molar-refractivity contribution < 1.29 is 4.79 Å². The molecule has 1 aromatic rings. The van der Waals surface area contributed by atoms with Crippen molar-refractivity contribution in [1.29, 1.82) is 0 Å². The Bertz CT molecular complexity index is 428. The zero-order chi connectivity index (χ0) is 10.8. The minimum atomic E-state index is -0.0310. The van der Waals surface area contributed by atoms with Crippen molar-refractivity contribution in [2.24, 2.45) is 11.0 Å². The fraction of sp³-hybridized carbons (Fsp3) is 0.273. The van der Waals surface area contributed by atoms with Crippen LogP contribution in [0.15, 0.2) is 29.4 Å². The first kappa shape index (κ1) is 10.2. The molecule has 0 spiro atoms. The van der Waals surface area contributed by atoms with Crippen LogP contribution in [0.2, 0.25) is 5.02 Å². The zero-order valence-electron chi connectivity index (χ0n) is 8.33. The second-order valence-corrected chi connectivity index (χ2v) is 4.09. The molecule has 15 heavy (non-hydrogen) atoms. The van der Waals surface area contributed by atoms with Crippen LogP contribution >= 0.6 is 11.6 Å². The van der Waals surface area contributed by atoms with Gasteiger partial charge in [0.15, 0.2) is 0 Å². The molecule has 1 heterocycles. The largest absolute Gasteiger partial charge is 0.273 e. The van der Waals surface area contributed by atoms with Gasteiger partial charge in [0.2, 0.25) is 5.91 Å². The Morgan fingerprint density at radius 3 is 3.00 bits per heavy atom. The Balaban J connectivity index is 2.29. The molecular weight excluding hydrogens is 212 g/mol. The molecule has 0 fully saturated rings. The lowest BCUT2D eigenvalue weighted by atomic mass is 9.97. The summed E-state index contributed by atoms with van der Waals surface area (Å²) >= 11 is 5.89. The molecule has 3 nitrogen and oxygen atoms in total. The summed E-state index contributed by atoms with van der Waals surface area (Å²) in [5.41, 5.74) is 4.35. The maximum absolute atomic E-state index is 11.2. The average molecular weight is 223 g/mol. The Labute approximate surface area is 93.1 Å². The number of nitrogens with zero attached hydrogens (tertiary/aromatic N) is 1. The van der Waals surface area contributed by atoms with Gasteiger partial charge in [0.05, 0.1) is 5.71 Å². The lowest BCUT2D eigenvalue weighted by Gasteiger charge is -2.17. The number of nitrogens with one attached hydrogen (secondary N) is 1. The van der Waals surface area contributed by atoms with Gasteiger partial charge in [-0.05, 0) is 17.7 Å². The fourth-order valence-electron chi connectivity index (χ4n) is 1.51. The molecule has 0 radical (unpaired) electrons. The summed E-state index contributed by atoms with van der Waals surface area (Å²) in [7, 11) is 0. The summed E-state index contributed by atoms with van der Waals surface area (Å²) in [4.78, 5) is 11.2. The van der Waals surface area contributed by atoms with Crippen molar-refractivity contribution in [2.45, 2.75) is 13.3 Å². The molecule has 0 saturated carbocycles. The van der Waals surface area contributed by atoms with E-state index in [1.807, 2.05) is 31.2 Å². The van der Waals surface area contributed by atoms with E-state index in [1.54, 1.807) is 0 Å². The molecule has 78 valence electrons. The Hall–Kier alpha value is -1.35. The molecule has 1 amide bonds. The average Bonchev–Trinajstić information content (AvgIpc) is 2.22. The van der Waals surface area contributed by atoms with E-state index in [4.69, 9.17) is 11.6 Å². The molecule has 2 rings (SSSR count). The quantitative estimate of drug-likeness (QED) is 0.778. The van der Waals surface area contributed by atoms with Gasteiger partial charge in [-0.15, -0.1) is 0 Å². The van der Waals surface area contributed by atoms with Crippen molar-refractivity contribution in [3.8, 4) is 0 Å². The van der Waals surface area contributed by atoms with Gasteiger partial charge in [-0.25, -0.2) is 5.43 Å². The van der Waals surface area contributed by atoms with Gasteiger partial charge >= 0.3 is 0 Å². The smallest absolute Gasteiger partial charge is 0.243 e. The van der Waals surface area contributed by atoms with Gasteiger partial charge in [0.25, 0.3) is 0 Å². The van der Waals surface area contributed by atoms with Crippen molar-refractivity contribution in [2.75, 3.05) is 0 Å². The monoisotopic (exact) mass is 222 g/mol. The highest BCUT2D eigenvalue weighted by Gasteiger charge is 2.21. The van der Waals surface area contributed by atoms with Crippen LogP contribution in [0.3, 0.4) is 0 Å². The summed E-state index contributed by atoms with van der Waals surface area (Å²) in [6.45, 7) is 1.88. The number of hydrogen-bond donors (Lipinski definition) is 1. The van der Waals surface area contributed by atoms with E-state index < -0.39 is 0 Å². The summed E-state index contributed by atoms with van der Waals surface area (Å²) in [6, 6.07) is 7.48. The molecule has 1 aromatic carbocycles. The minimum absolute atomic E-state index is 0.0271. The SMILES string of the molecule is CC1CC(c2cccc(Cl)c2)=NNC1=O. The number of hydrazone groups is 1. The van der Waals surface area contributed by atoms with E-state index in [0.29, 0.717) is 11.4 Å². The summed E-state index contributed by atoms with van der Waals surface area (Å²) in [6.07, 6.45) is 0.659. The third kappa shape index (κ3) is 2.18. The highest BCUT2D eigenvalue weighted by molar-refractivity contribution is 6.31. The molecular formula is C11H11ClN2O. The zero-order valence-corrected chi connectivity index (χ0v) is 9.08. The first-order chi connectivity index (χ1) is 7.16. The third-order valence-corrected chi connectivity index (χ3v) is 2.64. The number of carbonyl (C=O) groups excluding carboxylic acids is 1. The second-order valence-electron chi connectivity index (χ2n) is 3.65. The van der Waals surface area contributed by atoms with E-state index in [1.165, 1.54) is 0 Å². The number of carbonyl (C=O) groups is 1. The van der Waals surface area contributed by atoms with E-state index in [-0.39, 0.29) is 11.8 Å². The van der Waals surface area contributed by atoms with Gasteiger partial charge < -0.3 is 0 Å². The van der Waals surface area contributed by atoms with Gasteiger partial charge in [-0.2, -0.15) is 5.10 Å². The predicted molar refractivity (Wildman–Crippen MR) is 59.9 cm³/mol. The van der Waals surface area contributed by atoms with Gasteiger partial charge in [0.1, 0.15) is 0 Å². The Morgan fingerprint density at radius 1 is 1.53 bits per heavy atom. The first-order valence-corrected chi connectivity index (χ1v) is 5.17. The van der Waals surface area contributed by atoms with E-state index in [2.05, 4.69) is 10.5 Å². The van der Waals surface area contributed by atoms with Crippen molar-refractivity contribution in [3.05, 3.63) is 34.9 Å². The van der Waals surface area contributed by atoms with Crippen LogP contribution in [0.4, 0.5) is 0 Å². The molecule has 0 aromatic heterocycles. The van der Waals surface area contributed by atoms with Gasteiger partial charge in [-0.1, -0.05) is 30.7 Å². The van der Waals surface area contributed by atoms with Crippen LogP contribution in [-0.4, -0.2) is 11.6 Å². The topological polar surface area (TPSA) is 41.5 Å². The lowest BCUT2D eigenvalue weighted by Crippen LogP contribution is -2.33. The van der Waals surface area contributed by atoms with Crippen LogP contribution in [0, 0.1) is 5.92 Å². The normalized spacial score (nSPS) is 20.8. The number of amides is 1. The second kappa shape index (κ2) is 4.03. The fourth-order valence-corrected chi connectivity index (χ4v) is 1.70. The molecule has 1 aliphatic heterocycles. The maximum atomic E-state index is 11.2. The van der Waals surface area contributed by atoms with Crippen LogP contribution < -0.4 is 5.43 Å². The highest BCUT2D eigenvalue weighted by atomic mass is 35.5. The Kier molecular flexibility index (Phi) is 2.73. The molecule has 1 aliphatic rings. The molecule has 1 N–H and O–H groups in total. The van der Waals surface area contributed by atoms with Crippen molar-refractivity contribution in [3.63, 3.8) is 0 Å². The van der Waals surface area contributed by atoms with Crippen LogP contribution in [-0.2, 0) is 4.79 Å². The minimum Gasteiger partial charge on any atom is -0.273 e. The Morgan fingerprint density at radius 2 is 2.33 bits per heavy atom. The summed E-state index contributed by atoms with van der Waals surface area (Å²) in [5.74, 6) is -0.0581. The summed E-state index contributed by atoms with van der Waals surface area (Å²) in [5, 5.41) is 4.71. The molecule has 0 aliphatic carbocycles. The number of halogens is 1. The standard InChI is InChI=1S/C11H11ClN2O/c1-7-5-10(13-14-11(7)15)8-3-2-4-9(12)6-8/h2-4,6-7H,5H2,1H3,(H,14,15). The lowest BCUT2D eigenvalue weighted by molar-refractivity contribution is -0.124. The first-order valence-electron chi connectivity index (χ1n) is 4.79. The number of benzene rings is 1. The summed E-state index contributed by atoms with van der Waals surface area (Å²) < 4.78 is 0. The molecule has 0 bridgehead atoms.